The van der Waals surface area contributed by atoms with Gasteiger partial charge in [-0.15, -0.1) is 0 Å². The van der Waals surface area contributed by atoms with Crippen molar-refractivity contribution in [2.24, 2.45) is 0 Å². The Morgan fingerprint density at radius 1 is 1.25 bits per heavy atom. The van der Waals surface area contributed by atoms with Gasteiger partial charge in [0.25, 0.3) is 0 Å². The molecule has 0 aliphatic heterocycles. The summed E-state index contributed by atoms with van der Waals surface area (Å²) in [5.74, 6) is 0. The Hall–Kier alpha value is -0.990. The van der Waals surface area contributed by atoms with Gasteiger partial charge in [0.15, 0.2) is 0 Å². The molecule has 0 atom stereocenters. The Kier molecular flexibility index (Phi) is 2.23. The van der Waals surface area contributed by atoms with Gasteiger partial charge in [-0.05, 0) is 36.6 Å². The maximum absolute atomic E-state index is 10.6. The zero-order valence-electron chi connectivity index (χ0n) is 8.96. The smallest absolute Gasteiger partial charge is 0.0903 e. The molecule has 2 N–H and O–H groups in total. The van der Waals surface area contributed by atoms with Crippen molar-refractivity contribution in [3.63, 3.8) is 0 Å². The topological polar surface area (TPSA) is 36.0 Å². The number of aliphatic hydroxyl groups is 1. The van der Waals surface area contributed by atoms with Crippen molar-refractivity contribution in [2.75, 3.05) is 0 Å². The molecule has 3 rings (SSSR count). The lowest BCUT2D eigenvalue weighted by atomic mass is 9.90. The number of halogens is 1. The number of benzene rings is 1. The largest absolute Gasteiger partial charge is 0.385 e. The van der Waals surface area contributed by atoms with Gasteiger partial charge < -0.3 is 10.1 Å². The third kappa shape index (κ3) is 1.45. The van der Waals surface area contributed by atoms with Crippen LogP contribution in [0.5, 0.6) is 0 Å². The van der Waals surface area contributed by atoms with Crippen molar-refractivity contribution in [2.45, 2.75) is 31.3 Å². The van der Waals surface area contributed by atoms with E-state index >= 15 is 0 Å². The Bertz CT molecular complexity index is 526. The Labute approximate surface area is 99.2 Å². The Balaban J connectivity index is 2.25. The van der Waals surface area contributed by atoms with Crippen molar-refractivity contribution in [3.8, 4) is 0 Å². The fourth-order valence-corrected chi connectivity index (χ4v) is 2.96. The average Bonchev–Trinajstić information content (AvgIpc) is 2.85. The highest BCUT2D eigenvalue weighted by Gasteiger charge is 2.34. The van der Waals surface area contributed by atoms with E-state index in [1.54, 1.807) is 0 Å². The summed E-state index contributed by atoms with van der Waals surface area (Å²) in [7, 11) is 0. The van der Waals surface area contributed by atoms with Crippen LogP contribution in [0.1, 0.15) is 31.2 Å². The molecule has 0 spiro atoms. The number of hydrogen-bond acceptors (Lipinski definition) is 1. The number of hydrogen-bond donors (Lipinski definition) is 2. The SMILES string of the molecule is OC1(c2cc(Cl)cc3[nH]ccc23)CCCC1. The van der Waals surface area contributed by atoms with E-state index in [1.165, 1.54) is 0 Å². The van der Waals surface area contributed by atoms with E-state index in [-0.39, 0.29) is 0 Å². The zero-order chi connectivity index (χ0) is 11.2. The van der Waals surface area contributed by atoms with Crippen LogP contribution in [0.25, 0.3) is 10.9 Å². The first-order valence-electron chi connectivity index (χ1n) is 5.69. The summed E-state index contributed by atoms with van der Waals surface area (Å²) in [4.78, 5) is 3.15. The van der Waals surface area contributed by atoms with Gasteiger partial charge in [-0.1, -0.05) is 24.4 Å². The molecule has 1 heterocycles. The predicted octanol–water partition coefficient (Wildman–Crippen LogP) is 3.58. The first-order valence-corrected chi connectivity index (χ1v) is 6.06. The second kappa shape index (κ2) is 3.51. The zero-order valence-corrected chi connectivity index (χ0v) is 9.72. The van der Waals surface area contributed by atoms with Crippen LogP contribution in [0.3, 0.4) is 0 Å². The van der Waals surface area contributed by atoms with Crippen molar-refractivity contribution in [1.29, 1.82) is 0 Å². The number of nitrogens with one attached hydrogen (secondary N) is 1. The molecule has 1 aromatic heterocycles. The van der Waals surface area contributed by atoms with E-state index < -0.39 is 5.60 Å². The third-order valence-corrected chi connectivity index (χ3v) is 3.78. The molecule has 2 nitrogen and oxygen atoms in total. The number of aromatic amines is 1. The van der Waals surface area contributed by atoms with Crippen molar-refractivity contribution in [3.05, 3.63) is 35.0 Å². The van der Waals surface area contributed by atoms with Gasteiger partial charge >= 0.3 is 0 Å². The van der Waals surface area contributed by atoms with Crippen molar-refractivity contribution in [1.82, 2.24) is 4.98 Å². The van der Waals surface area contributed by atoms with Gasteiger partial charge in [0.05, 0.1) is 5.60 Å². The Morgan fingerprint density at radius 2 is 2.00 bits per heavy atom. The van der Waals surface area contributed by atoms with Crippen LogP contribution in [-0.4, -0.2) is 10.1 Å². The van der Waals surface area contributed by atoms with Crippen LogP contribution >= 0.6 is 11.6 Å². The Morgan fingerprint density at radius 3 is 2.75 bits per heavy atom. The van der Waals surface area contributed by atoms with E-state index in [2.05, 4.69) is 4.98 Å². The summed E-state index contributed by atoms with van der Waals surface area (Å²) in [6.07, 6.45) is 5.76. The average molecular weight is 236 g/mol. The lowest BCUT2D eigenvalue weighted by Crippen LogP contribution is -2.21. The predicted molar refractivity (Wildman–Crippen MR) is 65.7 cm³/mol. The summed E-state index contributed by atoms with van der Waals surface area (Å²) in [6.45, 7) is 0. The summed E-state index contributed by atoms with van der Waals surface area (Å²) < 4.78 is 0. The summed E-state index contributed by atoms with van der Waals surface area (Å²) in [5.41, 5.74) is 1.31. The van der Waals surface area contributed by atoms with Crippen LogP contribution in [0.4, 0.5) is 0 Å². The maximum atomic E-state index is 10.6. The van der Waals surface area contributed by atoms with E-state index in [0.717, 1.165) is 42.1 Å². The third-order valence-electron chi connectivity index (χ3n) is 3.57. The van der Waals surface area contributed by atoms with E-state index in [1.807, 2.05) is 24.4 Å². The molecule has 16 heavy (non-hydrogen) atoms. The second-order valence-electron chi connectivity index (χ2n) is 4.63. The van der Waals surface area contributed by atoms with Crippen LogP contribution in [0.15, 0.2) is 24.4 Å². The molecule has 1 fully saturated rings. The normalized spacial score (nSPS) is 19.4. The lowest BCUT2D eigenvalue weighted by molar-refractivity contribution is 0.0460. The molecular formula is C13H14ClNO. The summed E-state index contributed by atoms with van der Waals surface area (Å²) in [6, 6.07) is 5.82. The van der Waals surface area contributed by atoms with Crippen LogP contribution in [0, 0.1) is 0 Å². The fraction of sp³-hybridized carbons (Fsp3) is 0.385. The van der Waals surface area contributed by atoms with Crippen LogP contribution in [0.2, 0.25) is 5.02 Å². The molecule has 0 bridgehead atoms. The quantitative estimate of drug-likeness (QED) is 0.779. The molecule has 84 valence electrons. The minimum Gasteiger partial charge on any atom is -0.385 e. The standard InChI is InChI=1S/C13H14ClNO/c14-9-7-11(13(16)4-1-2-5-13)10-3-6-15-12(10)8-9/h3,6-8,15-16H,1-2,4-5H2. The van der Waals surface area contributed by atoms with E-state index in [0.29, 0.717) is 5.02 Å². The number of fused-ring (bicyclic) bond motifs is 1. The molecule has 0 radical (unpaired) electrons. The van der Waals surface area contributed by atoms with Gasteiger partial charge in [-0.2, -0.15) is 0 Å². The molecule has 0 unspecified atom stereocenters. The molecule has 0 amide bonds. The van der Waals surface area contributed by atoms with E-state index in [9.17, 15) is 5.11 Å². The first-order chi connectivity index (χ1) is 7.69. The van der Waals surface area contributed by atoms with Crippen molar-refractivity contribution >= 4 is 22.5 Å². The minimum atomic E-state index is -0.675. The molecule has 2 aromatic rings. The van der Waals surface area contributed by atoms with Crippen molar-refractivity contribution < 1.29 is 5.11 Å². The summed E-state index contributed by atoms with van der Waals surface area (Å²) in [5, 5.41) is 12.4. The number of rotatable bonds is 1. The number of H-pyrrole nitrogens is 1. The summed E-state index contributed by atoms with van der Waals surface area (Å²) >= 11 is 6.09. The van der Waals surface area contributed by atoms with Crippen LogP contribution in [-0.2, 0) is 5.60 Å². The molecule has 1 saturated carbocycles. The molecule has 1 aliphatic rings. The fourth-order valence-electron chi connectivity index (χ4n) is 2.75. The highest BCUT2D eigenvalue weighted by atomic mass is 35.5. The highest BCUT2D eigenvalue weighted by Crippen LogP contribution is 2.42. The van der Waals surface area contributed by atoms with Gasteiger partial charge in [0, 0.05) is 22.1 Å². The van der Waals surface area contributed by atoms with Gasteiger partial charge in [-0.3, -0.25) is 0 Å². The van der Waals surface area contributed by atoms with Gasteiger partial charge in [0.1, 0.15) is 0 Å². The minimum absolute atomic E-state index is 0.675. The first kappa shape index (κ1) is 10.2. The highest BCUT2D eigenvalue weighted by molar-refractivity contribution is 6.31. The van der Waals surface area contributed by atoms with Crippen LogP contribution < -0.4 is 0 Å². The maximum Gasteiger partial charge on any atom is 0.0903 e. The van der Waals surface area contributed by atoms with Gasteiger partial charge in [0.2, 0.25) is 0 Å². The molecular weight excluding hydrogens is 222 g/mol. The monoisotopic (exact) mass is 235 g/mol. The molecule has 0 saturated heterocycles. The van der Waals surface area contributed by atoms with Gasteiger partial charge in [-0.25, -0.2) is 0 Å². The lowest BCUT2D eigenvalue weighted by Gasteiger charge is -2.23. The molecule has 3 heteroatoms. The second-order valence-corrected chi connectivity index (χ2v) is 5.07. The van der Waals surface area contributed by atoms with E-state index in [4.69, 9.17) is 11.6 Å². The molecule has 1 aliphatic carbocycles. The number of aromatic nitrogens is 1. The molecule has 1 aromatic carbocycles.